The maximum atomic E-state index is 6.40. The van der Waals surface area contributed by atoms with E-state index in [-0.39, 0.29) is 0 Å². The van der Waals surface area contributed by atoms with Crippen molar-refractivity contribution in [1.29, 1.82) is 0 Å². The van der Waals surface area contributed by atoms with Crippen molar-refractivity contribution in [2.45, 2.75) is 0 Å². The van der Waals surface area contributed by atoms with Gasteiger partial charge in [0.05, 0.1) is 22.1 Å². The molecule has 0 unspecified atom stereocenters. The van der Waals surface area contributed by atoms with Crippen LogP contribution in [0.25, 0.3) is 93.8 Å². The molecule has 10 aromatic rings. The van der Waals surface area contributed by atoms with Crippen molar-refractivity contribution in [1.82, 2.24) is 14.5 Å². The maximum absolute atomic E-state index is 6.40. The van der Waals surface area contributed by atoms with Gasteiger partial charge in [0.25, 0.3) is 0 Å². The van der Waals surface area contributed by atoms with Crippen LogP contribution in [0.15, 0.2) is 156 Å². The number of furan rings is 1. The third-order valence-corrected chi connectivity index (χ3v) is 9.19. The molecule has 0 fully saturated rings. The van der Waals surface area contributed by atoms with Gasteiger partial charge in [0.1, 0.15) is 16.9 Å². The molecule has 0 aliphatic carbocycles. The molecular weight excluding hydrogens is 562 g/mol. The molecule has 0 atom stereocenters. The van der Waals surface area contributed by atoms with Crippen molar-refractivity contribution < 1.29 is 4.42 Å². The number of hydrogen-bond acceptors (Lipinski definition) is 3. The molecule has 0 amide bonds. The number of fused-ring (bicyclic) bond motifs is 9. The summed E-state index contributed by atoms with van der Waals surface area (Å²) in [5.41, 5.74) is 9.77. The highest BCUT2D eigenvalue weighted by atomic mass is 16.3. The van der Waals surface area contributed by atoms with Crippen LogP contribution < -0.4 is 0 Å². The SMILES string of the molecule is c1ccc(-c2ccc(-c3nc4ccc5ccccc5c4nc3-n3c4ccccc4c4cc5c(cc43)oc3ccccc35)cc2)cc1. The summed E-state index contributed by atoms with van der Waals surface area (Å²) in [6.07, 6.45) is 0. The van der Waals surface area contributed by atoms with Gasteiger partial charge in [-0.25, -0.2) is 9.97 Å². The van der Waals surface area contributed by atoms with Crippen molar-refractivity contribution in [3.8, 4) is 28.2 Å². The fourth-order valence-electron chi connectivity index (χ4n) is 7.00. The van der Waals surface area contributed by atoms with Crippen molar-refractivity contribution in [2.75, 3.05) is 0 Å². The highest BCUT2D eigenvalue weighted by Gasteiger charge is 2.21. The molecular formula is C42H25N3O. The number of nitrogens with zero attached hydrogens (tertiary/aromatic N) is 3. The van der Waals surface area contributed by atoms with Gasteiger partial charge in [-0.05, 0) is 40.8 Å². The second-order valence-electron chi connectivity index (χ2n) is 11.8. The Bertz CT molecular complexity index is 2790. The van der Waals surface area contributed by atoms with Gasteiger partial charge < -0.3 is 4.42 Å². The first kappa shape index (κ1) is 25.1. The smallest absolute Gasteiger partial charge is 0.165 e. The van der Waals surface area contributed by atoms with E-state index in [1.165, 1.54) is 5.56 Å². The molecule has 214 valence electrons. The van der Waals surface area contributed by atoms with Crippen LogP contribution in [0.3, 0.4) is 0 Å². The minimum Gasteiger partial charge on any atom is -0.456 e. The van der Waals surface area contributed by atoms with Crippen molar-refractivity contribution >= 4 is 65.6 Å². The summed E-state index contributed by atoms with van der Waals surface area (Å²) in [7, 11) is 0. The molecule has 4 nitrogen and oxygen atoms in total. The van der Waals surface area contributed by atoms with E-state index in [1.54, 1.807) is 0 Å². The lowest BCUT2D eigenvalue weighted by atomic mass is 10.0. The molecule has 0 bridgehead atoms. The molecule has 46 heavy (non-hydrogen) atoms. The Balaban J connectivity index is 1.31. The number of aromatic nitrogens is 3. The highest BCUT2D eigenvalue weighted by Crippen LogP contribution is 2.40. The third kappa shape index (κ3) is 3.67. The zero-order valence-electron chi connectivity index (χ0n) is 24.7. The van der Waals surface area contributed by atoms with E-state index >= 15 is 0 Å². The lowest BCUT2D eigenvalue weighted by Gasteiger charge is -2.15. The minimum absolute atomic E-state index is 0.790. The van der Waals surface area contributed by atoms with Crippen molar-refractivity contribution in [3.63, 3.8) is 0 Å². The van der Waals surface area contributed by atoms with Gasteiger partial charge in [0.2, 0.25) is 0 Å². The van der Waals surface area contributed by atoms with Crippen LogP contribution in [0.5, 0.6) is 0 Å². The predicted molar refractivity (Wildman–Crippen MR) is 190 cm³/mol. The third-order valence-electron chi connectivity index (χ3n) is 9.19. The van der Waals surface area contributed by atoms with Gasteiger partial charge in [0, 0.05) is 38.6 Å². The van der Waals surface area contributed by atoms with Crippen LogP contribution in [0.1, 0.15) is 0 Å². The molecule has 7 aromatic carbocycles. The summed E-state index contributed by atoms with van der Waals surface area (Å²) >= 11 is 0. The summed E-state index contributed by atoms with van der Waals surface area (Å²) in [4.78, 5) is 10.9. The molecule has 0 saturated carbocycles. The molecule has 0 N–H and O–H groups in total. The van der Waals surface area contributed by atoms with Gasteiger partial charge in [-0.1, -0.05) is 121 Å². The van der Waals surface area contributed by atoms with Crippen LogP contribution in [-0.4, -0.2) is 14.5 Å². The Kier molecular flexibility index (Phi) is 5.25. The Morgan fingerprint density at radius 3 is 2.00 bits per heavy atom. The van der Waals surface area contributed by atoms with E-state index < -0.39 is 0 Å². The van der Waals surface area contributed by atoms with E-state index in [4.69, 9.17) is 14.4 Å². The fraction of sp³-hybridized carbons (Fsp3) is 0. The monoisotopic (exact) mass is 587 g/mol. The molecule has 0 radical (unpaired) electrons. The first-order valence-electron chi connectivity index (χ1n) is 15.5. The Labute approximate surface area is 263 Å². The Morgan fingerprint density at radius 2 is 1.13 bits per heavy atom. The molecule has 3 heterocycles. The second kappa shape index (κ2) is 9.62. The first-order chi connectivity index (χ1) is 22.8. The number of benzene rings is 7. The van der Waals surface area contributed by atoms with Gasteiger partial charge in [-0.2, -0.15) is 0 Å². The largest absolute Gasteiger partial charge is 0.456 e. The average Bonchev–Trinajstić information content (AvgIpc) is 3.65. The zero-order chi connectivity index (χ0) is 30.2. The Morgan fingerprint density at radius 1 is 0.435 bits per heavy atom. The van der Waals surface area contributed by atoms with Crippen molar-refractivity contribution in [3.05, 3.63) is 152 Å². The highest BCUT2D eigenvalue weighted by molar-refractivity contribution is 6.17. The van der Waals surface area contributed by atoms with Crippen LogP contribution in [-0.2, 0) is 0 Å². The van der Waals surface area contributed by atoms with Gasteiger partial charge >= 0.3 is 0 Å². The van der Waals surface area contributed by atoms with Crippen molar-refractivity contribution in [2.24, 2.45) is 0 Å². The predicted octanol–water partition coefficient (Wildman–Crippen LogP) is 11.1. The topological polar surface area (TPSA) is 43.9 Å². The normalized spacial score (nSPS) is 11.9. The zero-order valence-corrected chi connectivity index (χ0v) is 24.7. The summed E-state index contributed by atoms with van der Waals surface area (Å²) in [5, 5.41) is 6.77. The molecule has 3 aromatic heterocycles. The maximum Gasteiger partial charge on any atom is 0.165 e. The summed E-state index contributed by atoms with van der Waals surface area (Å²) in [6, 6.07) is 53.0. The first-order valence-corrected chi connectivity index (χ1v) is 15.5. The molecule has 0 spiro atoms. The lowest BCUT2D eigenvalue weighted by molar-refractivity contribution is 0.669. The van der Waals surface area contributed by atoms with E-state index in [1.807, 2.05) is 18.2 Å². The number of rotatable bonds is 3. The standard InChI is InChI=1S/C42H25N3O/c1-2-10-26(11-3-1)27-18-20-29(21-19-27)40-42(44-41-30-13-5-4-12-28(30)22-23-35(41)43-40)45-36-16-8-6-14-31(36)33-24-34-32-15-7-9-17-38(32)46-39(34)25-37(33)45/h1-25H. The quantitative estimate of drug-likeness (QED) is 0.193. The van der Waals surface area contributed by atoms with Gasteiger partial charge in [-0.3, -0.25) is 4.57 Å². The molecule has 10 rings (SSSR count). The molecule has 4 heteroatoms. The molecule has 0 aliphatic heterocycles. The molecule has 0 aliphatic rings. The van der Waals surface area contributed by atoms with E-state index in [0.29, 0.717) is 0 Å². The summed E-state index contributed by atoms with van der Waals surface area (Å²) in [6.45, 7) is 0. The Hall–Kier alpha value is -6.26. The van der Waals surface area contributed by atoms with E-state index in [2.05, 4.69) is 138 Å². The average molecular weight is 588 g/mol. The number of para-hydroxylation sites is 2. The van der Waals surface area contributed by atoms with Crippen LogP contribution in [0.4, 0.5) is 0 Å². The van der Waals surface area contributed by atoms with E-state index in [9.17, 15) is 0 Å². The summed E-state index contributed by atoms with van der Waals surface area (Å²) < 4.78 is 8.67. The number of hydrogen-bond donors (Lipinski definition) is 0. The second-order valence-corrected chi connectivity index (χ2v) is 11.8. The van der Waals surface area contributed by atoms with Crippen LogP contribution in [0, 0.1) is 0 Å². The summed E-state index contributed by atoms with van der Waals surface area (Å²) in [5.74, 6) is 0.790. The van der Waals surface area contributed by atoms with Gasteiger partial charge in [0.15, 0.2) is 5.82 Å². The minimum atomic E-state index is 0.790. The fourth-order valence-corrected chi connectivity index (χ4v) is 7.00. The van der Waals surface area contributed by atoms with Crippen LogP contribution >= 0.6 is 0 Å². The van der Waals surface area contributed by atoms with Crippen LogP contribution in [0.2, 0.25) is 0 Å². The lowest BCUT2D eigenvalue weighted by Crippen LogP contribution is -2.04. The van der Waals surface area contributed by atoms with Gasteiger partial charge in [-0.15, -0.1) is 0 Å². The molecule has 0 saturated heterocycles. The van der Waals surface area contributed by atoms with E-state index in [0.717, 1.165) is 88.2 Å².